The molecule has 0 fully saturated rings. The van der Waals surface area contributed by atoms with Crippen molar-refractivity contribution in [1.29, 1.82) is 0 Å². The van der Waals surface area contributed by atoms with Crippen molar-refractivity contribution in [3.05, 3.63) is 94.0 Å². The number of sulfonamides is 1. The molecule has 0 radical (unpaired) electrons. The molecular formula is C22H18Cl2N2O3S. The summed E-state index contributed by atoms with van der Waals surface area (Å²) in [7, 11) is -3.73. The minimum Gasteiger partial charge on any atom is -0.323 e. The van der Waals surface area contributed by atoms with Gasteiger partial charge < -0.3 is 5.32 Å². The van der Waals surface area contributed by atoms with E-state index in [1.165, 1.54) is 30.3 Å². The first-order valence-electron chi connectivity index (χ1n) is 8.87. The highest BCUT2D eigenvalue weighted by Crippen LogP contribution is 2.22. The second-order valence-corrected chi connectivity index (χ2v) is 9.01. The van der Waals surface area contributed by atoms with E-state index in [-0.39, 0.29) is 10.8 Å². The fourth-order valence-corrected chi connectivity index (χ4v) is 4.07. The molecule has 0 aliphatic rings. The summed E-state index contributed by atoms with van der Waals surface area (Å²) in [6.07, 6.45) is 2.90. The normalized spacial score (nSPS) is 11.4. The van der Waals surface area contributed by atoms with E-state index in [2.05, 4.69) is 10.0 Å². The van der Waals surface area contributed by atoms with Crippen molar-refractivity contribution in [2.45, 2.75) is 11.8 Å². The number of halogens is 2. The molecule has 0 saturated heterocycles. The van der Waals surface area contributed by atoms with Crippen LogP contribution in [0.4, 0.5) is 11.4 Å². The Morgan fingerprint density at radius 2 is 1.53 bits per heavy atom. The van der Waals surface area contributed by atoms with Crippen molar-refractivity contribution in [1.82, 2.24) is 0 Å². The first-order valence-corrected chi connectivity index (χ1v) is 11.1. The highest BCUT2D eigenvalue weighted by atomic mass is 35.5. The van der Waals surface area contributed by atoms with Gasteiger partial charge in [-0.2, -0.15) is 0 Å². The van der Waals surface area contributed by atoms with Crippen molar-refractivity contribution >= 4 is 56.6 Å². The molecule has 0 bridgehead atoms. The first kappa shape index (κ1) is 21.9. The Balaban J connectivity index is 1.65. The Hall–Kier alpha value is -2.80. The van der Waals surface area contributed by atoms with Gasteiger partial charge in [-0.25, -0.2) is 8.42 Å². The van der Waals surface area contributed by atoms with Gasteiger partial charge in [-0.05, 0) is 67.1 Å². The minimum absolute atomic E-state index is 0.0876. The number of benzene rings is 3. The molecule has 0 heterocycles. The number of rotatable bonds is 6. The van der Waals surface area contributed by atoms with Gasteiger partial charge in [0.1, 0.15) is 0 Å². The van der Waals surface area contributed by atoms with Crippen molar-refractivity contribution in [3.63, 3.8) is 0 Å². The number of hydrogen-bond acceptors (Lipinski definition) is 3. The van der Waals surface area contributed by atoms with Gasteiger partial charge in [0.15, 0.2) is 0 Å². The summed E-state index contributed by atoms with van der Waals surface area (Å²) in [4.78, 5) is 12.2. The second-order valence-electron chi connectivity index (χ2n) is 6.48. The molecule has 0 aromatic heterocycles. The SMILES string of the molecule is Cc1ccc(NS(=O)(=O)c2ccc(NC(=O)/C=C/c3ccc(Cl)cc3Cl)cc2)cc1. The molecule has 8 heteroatoms. The lowest BCUT2D eigenvalue weighted by atomic mass is 10.2. The van der Waals surface area contributed by atoms with Gasteiger partial charge in [0, 0.05) is 27.5 Å². The van der Waals surface area contributed by atoms with Gasteiger partial charge in [0.2, 0.25) is 5.91 Å². The summed E-state index contributed by atoms with van der Waals surface area (Å²) in [5.41, 5.74) is 2.62. The number of nitrogens with one attached hydrogen (secondary N) is 2. The first-order chi connectivity index (χ1) is 14.2. The van der Waals surface area contributed by atoms with Gasteiger partial charge in [0.05, 0.1) is 4.90 Å². The third-order valence-corrected chi connectivity index (χ3v) is 6.07. The lowest BCUT2D eigenvalue weighted by Gasteiger charge is -2.09. The van der Waals surface area contributed by atoms with Crippen LogP contribution in [0.2, 0.25) is 10.0 Å². The standard InChI is InChI=1S/C22H18Cl2N2O3S/c1-15-2-7-19(8-3-15)26-30(28,29)20-11-9-18(10-12-20)25-22(27)13-5-16-4-6-17(23)14-21(16)24/h2-14,26H,1H3,(H,25,27)/b13-5+. The van der Waals surface area contributed by atoms with Gasteiger partial charge in [-0.1, -0.05) is 47.0 Å². The molecule has 0 saturated carbocycles. The van der Waals surface area contributed by atoms with Crippen molar-refractivity contribution < 1.29 is 13.2 Å². The lowest BCUT2D eigenvalue weighted by Crippen LogP contribution is -2.13. The Labute approximate surface area is 185 Å². The third kappa shape index (κ3) is 5.86. The number of carbonyl (C=O) groups excluding carboxylic acids is 1. The van der Waals surface area contributed by atoms with E-state index < -0.39 is 10.0 Å². The highest BCUT2D eigenvalue weighted by Gasteiger charge is 2.14. The minimum atomic E-state index is -3.73. The topological polar surface area (TPSA) is 75.3 Å². The predicted molar refractivity (Wildman–Crippen MR) is 123 cm³/mol. The molecule has 0 spiro atoms. The quantitative estimate of drug-likeness (QED) is 0.459. The average molecular weight is 461 g/mol. The van der Waals surface area contributed by atoms with Crippen molar-refractivity contribution in [2.75, 3.05) is 10.0 Å². The molecule has 154 valence electrons. The van der Waals surface area contributed by atoms with Crippen LogP contribution in [0.25, 0.3) is 6.08 Å². The van der Waals surface area contributed by atoms with E-state index in [4.69, 9.17) is 23.2 Å². The molecule has 0 aliphatic carbocycles. The molecule has 0 unspecified atom stereocenters. The van der Waals surface area contributed by atoms with Gasteiger partial charge in [-0.3, -0.25) is 9.52 Å². The van der Waals surface area contributed by atoms with Crippen LogP contribution < -0.4 is 10.0 Å². The van der Waals surface area contributed by atoms with Crippen LogP contribution in [0.3, 0.4) is 0 Å². The summed E-state index contributed by atoms with van der Waals surface area (Å²) in [5, 5.41) is 3.61. The van der Waals surface area contributed by atoms with Gasteiger partial charge in [0.25, 0.3) is 10.0 Å². The van der Waals surface area contributed by atoms with Crippen LogP contribution in [-0.4, -0.2) is 14.3 Å². The maximum atomic E-state index is 12.5. The third-order valence-electron chi connectivity index (χ3n) is 4.11. The summed E-state index contributed by atoms with van der Waals surface area (Å²) >= 11 is 11.9. The molecule has 0 aliphatic heterocycles. The molecular weight excluding hydrogens is 443 g/mol. The number of aryl methyl sites for hydroxylation is 1. The number of hydrogen-bond donors (Lipinski definition) is 2. The molecule has 3 aromatic rings. The fraction of sp³-hybridized carbons (Fsp3) is 0.0455. The van der Waals surface area contributed by atoms with Gasteiger partial charge >= 0.3 is 0 Å². The zero-order valence-corrected chi connectivity index (χ0v) is 18.2. The van der Waals surface area contributed by atoms with Crippen molar-refractivity contribution in [2.24, 2.45) is 0 Å². The molecule has 2 N–H and O–H groups in total. The smallest absolute Gasteiger partial charge is 0.261 e. The predicted octanol–water partition coefficient (Wildman–Crippen LogP) is 5.75. The van der Waals surface area contributed by atoms with Gasteiger partial charge in [-0.15, -0.1) is 0 Å². The number of anilines is 2. The highest BCUT2D eigenvalue weighted by molar-refractivity contribution is 7.92. The zero-order valence-electron chi connectivity index (χ0n) is 15.9. The van der Waals surface area contributed by atoms with Crippen LogP contribution in [0, 0.1) is 6.92 Å². The maximum Gasteiger partial charge on any atom is 0.261 e. The van der Waals surface area contributed by atoms with E-state index in [9.17, 15) is 13.2 Å². The van der Waals surface area contributed by atoms with E-state index in [1.54, 1.807) is 36.4 Å². The van der Waals surface area contributed by atoms with E-state index in [0.717, 1.165) is 5.56 Å². The largest absolute Gasteiger partial charge is 0.323 e. The Morgan fingerprint density at radius 1 is 0.900 bits per heavy atom. The maximum absolute atomic E-state index is 12.5. The Bertz CT molecular complexity index is 1190. The molecule has 1 amide bonds. The molecule has 3 rings (SSSR count). The number of amides is 1. The number of carbonyl (C=O) groups is 1. The monoisotopic (exact) mass is 460 g/mol. The molecule has 0 atom stereocenters. The Morgan fingerprint density at radius 3 is 2.17 bits per heavy atom. The molecule has 5 nitrogen and oxygen atoms in total. The average Bonchev–Trinajstić information content (AvgIpc) is 2.69. The Kier molecular flexibility index (Phi) is 6.82. The van der Waals surface area contributed by atoms with Crippen LogP contribution in [0.5, 0.6) is 0 Å². The second kappa shape index (κ2) is 9.34. The summed E-state index contributed by atoms with van der Waals surface area (Å²) in [5.74, 6) is -0.380. The summed E-state index contributed by atoms with van der Waals surface area (Å²) < 4.78 is 27.5. The summed E-state index contributed by atoms with van der Waals surface area (Å²) in [6, 6.07) is 17.9. The zero-order chi connectivity index (χ0) is 21.7. The molecule has 30 heavy (non-hydrogen) atoms. The van der Waals surface area contributed by atoms with Crippen LogP contribution >= 0.6 is 23.2 Å². The van der Waals surface area contributed by atoms with E-state index in [0.29, 0.717) is 27.0 Å². The van der Waals surface area contributed by atoms with Crippen LogP contribution in [0.15, 0.2) is 77.7 Å². The van der Waals surface area contributed by atoms with E-state index >= 15 is 0 Å². The van der Waals surface area contributed by atoms with E-state index in [1.807, 2.05) is 19.1 Å². The molecule has 3 aromatic carbocycles. The fourth-order valence-electron chi connectivity index (χ4n) is 2.54. The lowest BCUT2D eigenvalue weighted by molar-refractivity contribution is -0.111. The van der Waals surface area contributed by atoms with Crippen LogP contribution in [0.1, 0.15) is 11.1 Å². The van der Waals surface area contributed by atoms with Crippen LogP contribution in [-0.2, 0) is 14.8 Å². The summed E-state index contributed by atoms with van der Waals surface area (Å²) in [6.45, 7) is 1.92. The van der Waals surface area contributed by atoms with Crippen molar-refractivity contribution in [3.8, 4) is 0 Å².